The molecule has 1 aliphatic rings. The van der Waals surface area contributed by atoms with Crippen molar-refractivity contribution in [3.8, 4) is 0 Å². The van der Waals surface area contributed by atoms with Crippen LogP contribution in [0.1, 0.15) is 20.8 Å². The smallest absolute Gasteiger partial charge is 0.410 e. The zero-order chi connectivity index (χ0) is 14.8. The molecule has 1 rings (SSSR count). The molecule has 1 amide bonds. The van der Waals surface area contributed by atoms with Crippen LogP contribution in [-0.2, 0) is 24.1 Å². The minimum absolute atomic E-state index is 0.0186. The molecule has 0 bridgehead atoms. The lowest BCUT2D eigenvalue weighted by Gasteiger charge is -2.32. The van der Waals surface area contributed by atoms with E-state index in [9.17, 15) is 18.0 Å². The summed E-state index contributed by atoms with van der Waals surface area (Å²) < 4.78 is 33.1. The number of carbonyl (C=O) groups is 2. The molecule has 19 heavy (non-hydrogen) atoms. The van der Waals surface area contributed by atoms with Crippen molar-refractivity contribution in [3.63, 3.8) is 0 Å². The van der Waals surface area contributed by atoms with Crippen molar-refractivity contribution in [3.05, 3.63) is 0 Å². The minimum Gasteiger partial charge on any atom is -0.468 e. The molecule has 0 aromatic carbocycles. The fourth-order valence-corrected chi connectivity index (χ4v) is 3.19. The number of sulfone groups is 1. The second-order valence-electron chi connectivity index (χ2n) is 5.31. The highest BCUT2D eigenvalue weighted by Crippen LogP contribution is 2.17. The number of methoxy groups -OCH3 is 1. The van der Waals surface area contributed by atoms with Gasteiger partial charge in [-0.25, -0.2) is 13.2 Å². The van der Waals surface area contributed by atoms with Gasteiger partial charge < -0.3 is 14.4 Å². The van der Waals surface area contributed by atoms with Gasteiger partial charge in [0.1, 0.15) is 5.60 Å². The molecular weight excluding hydrogens is 274 g/mol. The lowest BCUT2D eigenvalue weighted by Crippen LogP contribution is -2.53. The number of amides is 1. The molecule has 1 fully saturated rings. The molecule has 110 valence electrons. The van der Waals surface area contributed by atoms with Gasteiger partial charge >= 0.3 is 12.1 Å². The molecule has 0 N–H and O–H groups in total. The van der Waals surface area contributed by atoms with Crippen LogP contribution in [0.2, 0.25) is 0 Å². The van der Waals surface area contributed by atoms with Gasteiger partial charge in [-0.2, -0.15) is 0 Å². The molecule has 1 saturated heterocycles. The van der Waals surface area contributed by atoms with Gasteiger partial charge in [0.15, 0.2) is 15.1 Å². The number of hydrogen-bond donors (Lipinski definition) is 0. The third kappa shape index (κ3) is 4.09. The molecule has 1 aliphatic heterocycles. The first-order valence-corrected chi connectivity index (χ1v) is 7.55. The van der Waals surface area contributed by atoms with Gasteiger partial charge in [-0.1, -0.05) is 0 Å². The van der Waals surface area contributed by atoms with Crippen molar-refractivity contribution < 1.29 is 27.5 Å². The third-order valence-electron chi connectivity index (χ3n) is 2.58. The zero-order valence-electron chi connectivity index (χ0n) is 11.5. The Morgan fingerprint density at radius 1 is 1.26 bits per heavy atom. The highest BCUT2D eigenvalue weighted by atomic mass is 32.2. The van der Waals surface area contributed by atoms with E-state index in [-0.39, 0.29) is 18.8 Å². The minimum atomic E-state index is -3.57. The van der Waals surface area contributed by atoms with Crippen molar-refractivity contribution in [2.75, 3.05) is 26.0 Å². The number of carbonyl (C=O) groups excluding carboxylic acids is 2. The van der Waals surface area contributed by atoms with Crippen LogP contribution >= 0.6 is 0 Å². The SMILES string of the molecule is COC(=O)C1CN(C(=O)OC(C)(C)C)CCS1(=O)=O. The third-order valence-corrected chi connectivity index (χ3v) is 4.54. The van der Waals surface area contributed by atoms with Crippen molar-refractivity contribution in [1.82, 2.24) is 4.90 Å². The van der Waals surface area contributed by atoms with E-state index < -0.39 is 32.8 Å². The number of hydrogen-bond acceptors (Lipinski definition) is 6. The summed E-state index contributed by atoms with van der Waals surface area (Å²) in [5.74, 6) is -1.13. The van der Waals surface area contributed by atoms with E-state index in [2.05, 4.69) is 4.74 Å². The number of esters is 1. The van der Waals surface area contributed by atoms with Gasteiger partial charge in [-0.3, -0.25) is 4.79 Å². The first kappa shape index (κ1) is 15.7. The van der Waals surface area contributed by atoms with E-state index in [0.717, 1.165) is 7.11 Å². The maximum atomic E-state index is 11.8. The summed E-state index contributed by atoms with van der Waals surface area (Å²) >= 11 is 0. The van der Waals surface area contributed by atoms with Crippen LogP contribution in [0.25, 0.3) is 0 Å². The van der Waals surface area contributed by atoms with Crippen molar-refractivity contribution in [1.29, 1.82) is 0 Å². The standard InChI is InChI=1S/C11H19NO6S/c1-11(2,3)18-10(14)12-5-6-19(15,16)8(7-12)9(13)17-4/h8H,5-7H2,1-4H3. The second kappa shape index (κ2) is 5.36. The zero-order valence-corrected chi connectivity index (χ0v) is 12.3. The van der Waals surface area contributed by atoms with Gasteiger partial charge in [0, 0.05) is 6.54 Å². The predicted molar refractivity (Wildman–Crippen MR) is 67.4 cm³/mol. The molecule has 0 aliphatic carbocycles. The molecule has 0 aromatic rings. The Morgan fingerprint density at radius 2 is 1.84 bits per heavy atom. The fourth-order valence-electron chi connectivity index (χ4n) is 1.63. The largest absolute Gasteiger partial charge is 0.468 e. The van der Waals surface area contributed by atoms with E-state index in [1.165, 1.54) is 4.90 Å². The monoisotopic (exact) mass is 293 g/mol. The molecule has 8 heteroatoms. The predicted octanol–water partition coefficient (Wildman–Crippen LogP) is 0.193. The van der Waals surface area contributed by atoms with E-state index in [1.807, 2.05) is 0 Å². The maximum absolute atomic E-state index is 11.8. The summed E-state index contributed by atoms with van der Waals surface area (Å²) in [5.41, 5.74) is -0.672. The maximum Gasteiger partial charge on any atom is 0.410 e. The molecule has 7 nitrogen and oxygen atoms in total. The average Bonchev–Trinajstić information content (AvgIpc) is 2.25. The van der Waals surface area contributed by atoms with Gasteiger partial charge in [-0.15, -0.1) is 0 Å². The average molecular weight is 293 g/mol. The summed E-state index contributed by atoms with van der Waals surface area (Å²) in [7, 11) is -2.45. The van der Waals surface area contributed by atoms with Gasteiger partial charge in [0.05, 0.1) is 19.4 Å². The molecule has 0 aromatic heterocycles. The van der Waals surface area contributed by atoms with Crippen LogP contribution in [0.3, 0.4) is 0 Å². The molecular formula is C11H19NO6S. The van der Waals surface area contributed by atoms with Crippen molar-refractivity contribution in [2.24, 2.45) is 0 Å². The summed E-state index contributed by atoms with van der Waals surface area (Å²) in [4.78, 5) is 24.5. The highest BCUT2D eigenvalue weighted by molar-refractivity contribution is 7.92. The molecule has 1 atom stereocenters. The Balaban J connectivity index is 2.81. The Morgan fingerprint density at radius 3 is 2.32 bits per heavy atom. The van der Waals surface area contributed by atoms with Crippen LogP contribution in [0.5, 0.6) is 0 Å². The van der Waals surface area contributed by atoms with Crippen LogP contribution < -0.4 is 0 Å². The molecule has 0 spiro atoms. The Hall–Kier alpha value is -1.31. The second-order valence-corrected chi connectivity index (χ2v) is 7.61. The number of ether oxygens (including phenoxy) is 2. The molecule has 0 radical (unpaired) electrons. The number of nitrogens with zero attached hydrogens (tertiary/aromatic N) is 1. The quantitative estimate of drug-likeness (QED) is 0.641. The van der Waals surface area contributed by atoms with Crippen LogP contribution in [0, 0.1) is 0 Å². The molecule has 1 unspecified atom stereocenters. The summed E-state index contributed by atoms with van der Waals surface area (Å²) in [6, 6.07) is 0. The first-order chi connectivity index (χ1) is 8.57. The Labute approximate surface area is 112 Å². The first-order valence-electron chi connectivity index (χ1n) is 5.84. The van der Waals surface area contributed by atoms with Crippen molar-refractivity contribution >= 4 is 21.9 Å². The van der Waals surface area contributed by atoms with Crippen LogP contribution in [0.4, 0.5) is 4.79 Å². The summed E-state index contributed by atoms with van der Waals surface area (Å²) in [5, 5.41) is -1.33. The molecule has 0 saturated carbocycles. The normalized spacial score (nSPS) is 22.7. The lowest BCUT2D eigenvalue weighted by molar-refractivity contribution is -0.140. The topological polar surface area (TPSA) is 90.0 Å². The molecule has 1 heterocycles. The van der Waals surface area contributed by atoms with Gasteiger partial charge in [-0.05, 0) is 20.8 Å². The van der Waals surface area contributed by atoms with E-state index in [4.69, 9.17) is 4.74 Å². The highest BCUT2D eigenvalue weighted by Gasteiger charge is 2.41. The fraction of sp³-hybridized carbons (Fsp3) is 0.818. The van der Waals surface area contributed by atoms with Crippen LogP contribution in [0.15, 0.2) is 0 Å². The van der Waals surface area contributed by atoms with E-state index in [1.54, 1.807) is 20.8 Å². The summed E-state index contributed by atoms with van der Waals surface area (Å²) in [6.07, 6.45) is -0.628. The van der Waals surface area contributed by atoms with E-state index >= 15 is 0 Å². The van der Waals surface area contributed by atoms with Crippen LogP contribution in [-0.4, -0.2) is 62.2 Å². The number of rotatable bonds is 1. The van der Waals surface area contributed by atoms with Gasteiger partial charge in [0.2, 0.25) is 0 Å². The Kier molecular flexibility index (Phi) is 4.44. The van der Waals surface area contributed by atoms with E-state index in [0.29, 0.717) is 0 Å². The Bertz CT molecular complexity index is 464. The van der Waals surface area contributed by atoms with Crippen molar-refractivity contribution in [2.45, 2.75) is 31.6 Å². The van der Waals surface area contributed by atoms with Gasteiger partial charge in [0.25, 0.3) is 0 Å². The lowest BCUT2D eigenvalue weighted by atomic mass is 10.2. The summed E-state index contributed by atoms with van der Waals surface area (Å²) in [6.45, 7) is 4.92.